The van der Waals surface area contributed by atoms with Gasteiger partial charge in [-0.15, -0.1) is 0 Å². The van der Waals surface area contributed by atoms with Crippen LogP contribution in [-0.4, -0.2) is 30.9 Å². The highest BCUT2D eigenvalue weighted by Gasteiger charge is 2.17. The molecule has 18 heavy (non-hydrogen) atoms. The van der Waals surface area contributed by atoms with Crippen molar-refractivity contribution in [1.29, 1.82) is 0 Å². The number of hydrogen-bond acceptors (Lipinski definition) is 4. The van der Waals surface area contributed by atoms with E-state index in [0.29, 0.717) is 0 Å². The van der Waals surface area contributed by atoms with E-state index in [2.05, 4.69) is 16.6 Å². The van der Waals surface area contributed by atoms with Gasteiger partial charge in [-0.05, 0) is 37.0 Å². The summed E-state index contributed by atoms with van der Waals surface area (Å²) in [7, 11) is -3.49. The summed E-state index contributed by atoms with van der Waals surface area (Å²) >= 11 is 7.42. The summed E-state index contributed by atoms with van der Waals surface area (Å²) in [4.78, 5) is 3.91. The van der Waals surface area contributed by atoms with Gasteiger partial charge in [0.1, 0.15) is 10.0 Å². The molecule has 1 heterocycles. The molecule has 1 rings (SSSR count). The second-order valence-corrected chi connectivity index (χ2v) is 7.32. The molecule has 0 aliphatic carbocycles. The van der Waals surface area contributed by atoms with E-state index in [0.717, 1.165) is 17.9 Å². The molecule has 0 saturated carbocycles. The highest BCUT2D eigenvalue weighted by atomic mass is 35.5. The van der Waals surface area contributed by atoms with Crippen LogP contribution >= 0.6 is 23.4 Å². The van der Waals surface area contributed by atoms with Gasteiger partial charge in [-0.25, -0.2) is 18.1 Å². The molecule has 0 bridgehead atoms. The molecule has 0 aliphatic heterocycles. The fraction of sp³-hybridized carbons (Fsp3) is 0.545. The minimum atomic E-state index is -3.49. The van der Waals surface area contributed by atoms with E-state index < -0.39 is 10.0 Å². The van der Waals surface area contributed by atoms with Crippen molar-refractivity contribution in [2.45, 2.75) is 31.2 Å². The molecule has 102 valence electrons. The monoisotopic (exact) mass is 308 g/mol. The van der Waals surface area contributed by atoms with Crippen molar-refractivity contribution < 1.29 is 8.42 Å². The van der Waals surface area contributed by atoms with Crippen molar-refractivity contribution in [3.05, 3.63) is 23.5 Å². The third kappa shape index (κ3) is 5.14. The van der Waals surface area contributed by atoms with Crippen molar-refractivity contribution in [3.63, 3.8) is 0 Å². The Morgan fingerprint density at radius 3 is 2.78 bits per heavy atom. The molecule has 0 aliphatic rings. The summed E-state index contributed by atoms with van der Waals surface area (Å²) in [6, 6.07) is 2.82. The van der Waals surface area contributed by atoms with Gasteiger partial charge in [-0.3, -0.25) is 0 Å². The summed E-state index contributed by atoms with van der Waals surface area (Å²) in [6.45, 7) is 3.94. The number of nitrogens with one attached hydrogen (secondary N) is 1. The predicted molar refractivity (Wildman–Crippen MR) is 76.6 cm³/mol. The lowest BCUT2D eigenvalue weighted by atomic mass is 10.3. The number of rotatable bonds is 7. The van der Waals surface area contributed by atoms with Crippen LogP contribution in [0.3, 0.4) is 0 Å². The van der Waals surface area contributed by atoms with Crippen LogP contribution in [0.2, 0.25) is 5.15 Å². The summed E-state index contributed by atoms with van der Waals surface area (Å²) < 4.78 is 26.6. The normalized spacial score (nSPS) is 13.5. The van der Waals surface area contributed by atoms with E-state index in [4.69, 9.17) is 11.6 Å². The van der Waals surface area contributed by atoms with E-state index >= 15 is 0 Å². The zero-order chi connectivity index (χ0) is 13.6. The largest absolute Gasteiger partial charge is 0.243 e. The molecule has 1 aromatic heterocycles. The standard InChI is InChI=1S/C11H17ClN2O2S2/c1-3-17-7-6-9(2)14-18(15,16)10-4-5-11(12)13-8-10/h4-5,8-9,14H,3,6-7H2,1-2H3. The number of pyridine rings is 1. The Bertz CT molecular complexity index is 462. The number of nitrogens with zero attached hydrogens (tertiary/aromatic N) is 1. The molecule has 1 unspecified atom stereocenters. The predicted octanol–water partition coefficient (Wildman–Crippen LogP) is 2.55. The summed E-state index contributed by atoms with van der Waals surface area (Å²) in [5.41, 5.74) is 0. The van der Waals surface area contributed by atoms with Gasteiger partial charge >= 0.3 is 0 Å². The lowest BCUT2D eigenvalue weighted by molar-refractivity contribution is 0.556. The quantitative estimate of drug-likeness (QED) is 0.621. The van der Waals surface area contributed by atoms with Gasteiger partial charge in [0, 0.05) is 12.2 Å². The van der Waals surface area contributed by atoms with Crippen LogP contribution in [0.15, 0.2) is 23.2 Å². The minimum Gasteiger partial charge on any atom is -0.243 e. The molecule has 7 heteroatoms. The van der Waals surface area contributed by atoms with E-state index in [1.54, 1.807) is 11.8 Å². The minimum absolute atomic E-state index is 0.0928. The van der Waals surface area contributed by atoms with E-state index in [9.17, 15) is 8.42 Å². The first-order valence-corrected chi connectivity index (χ1v) is 8.69. The smallest absolute Gasteiger partial charge is 0.242 e. The molecular formula is C11H17ClN2O2S2. The van der Waals surface area contributed by atoms with E-state index in [1.807, 2.05) is 6.92 Å². The third-order valence-electron chi connectivity index (χ3n) is 2.27. The average Bonchev–Trinajstić information content (AvgIpc) is 2.29. The lowest BCUT2D eigenvalue weighted by Crippen LogP contribution is -2.33. The number of thioether (sulfide) groups is 1. The zero-order valence-electron chi connectivity index (χ0n) is 10.4. The fourth-order valence-electron chi connectivity index (χ4n) is 1.32. The summed E-state index contributed by atoms with van der Waals surface area (Å²) in [5, 5.41) is 0.279. The Kier molecular flexibility index (Phi) is 6.42. The molecular weight excluding hydrogens is 292 g/mol. The molecule has 0 radical (unpaired) electrons. The highest BCUT2D eigenvalue weighted by Crippen LogP contribution is 2.12. The summed E-state index contributed by atoms with van der Waals surface area (Å²) in [5.74, 6) is 1.99. The average molecular weight is 309 g/mol. The SMILES string of the molecule is CCSCCC(C)NS(=O)(=O)c1ccc(Cl)nc1. The Balaban J connectivity index is 2.61. The van der Waals surface area contributed by atoms with Crippen LogP contribution in [0.25, 0.3) is 0 Å². The Morgan fingerprint density at radius 1 is 1.50 bits per heavy atom. The third-order valence-corrected chi connectivity index (χ3v) is 5.00. The maximum Gasteiger partial charge on any atom is 0.242 e. The topological polar surface area (TPSA) is 59.1 Å². The van der Waals surface area contributed by atoms with Crippen molar-refractivity contribution >= 4 is 33.4 Å². The van der Waals surface area contributed by atoms with Gasteiger partial charge in [0.25, 0.3) is 0 Å². The van der Waals surface area contributed by atoms with Crippen molar-refractivity contribution in [1.82, 2.24) is 9.71 Å². The van der Waals surface area contributed by atoms with Crippen molar-refractivity contribution in [3.8, 4) is 0 Å². The molecule has 1 N–H and O–H groups in total. The molecule has 0 aromatic carbocycles. The molecule has 0 saturated heterocycles. The second-order valence-electron chi connectivity index (χ2n) is 3.82. The molecule has 0 fully saturated rings. The first-order chi connectivity index (χ1) is 8.45. The highest BCUT2D eigenvalue weighted by molar-refractivity contribution is 7.99. The van der Waals surface area contributed by atoms with Gasteiger partial charge in [0.15, 0.2) is 0 Å². The first-order valence-electron chi connectivity index (χ1n) is 5.67. The lowest BCUT2D eigenvalue weighted by Gasteiger charge is -2.13. The van der Waals surface area contributed by atoms with Crippen molar-refractivity contribution in [2.24, 2.45) is 0 Å². The second kappa shape index (κ2) is 7.33. The maximum atomic E-state index is 12.0. The molecule has 1 aromatic rings. The van der Waals surface area contributed by atoms with E-state index in [1.165, 1.54) is 18.3 Å². The van der Waals surface area contributed by atoms with Crippen LogP contribution in [0.5, 0.6) is 0 Å². The molecule has 1 atom stereocenters. The number of sulfonamides is 1. The van der Waals surface area contributed by atoms with Gasteiger partial charge in [-0.2, -0.15) is 11.8 Å². The van der Waals surface area contributed by atoms with Crippen molar-refractivity contribution in [2.75, 3.05) is 11.5 Å². The Labute approximate surface area is 118 Å². The van der Waals surface area contributed by atoms with Gasteiger partial charge in [0.05, 0.1) is 0 Å². The van der Waals surface area contributed by atoms with Crippen LogP contribution in [0.1, 0.15) is 20.3 Å². The number of hydrogen-bond donors (Lipinski definition) is 1. The van der Waals surface area contributed by atoms with Crippen LogP contribution in [-0.2, 0) is 10.0 Å². The number of halogens is 1. The molecule has 0 spiro atoms. The number of aromatic nitrogens is 1. The molecule has 4 nitrogen and oxygen atoms in total. The maximum absolute atomic E-state index is 12.0. The van der Waals surface area contributed by atoms with Gasteiger partial charge < -0.3 is 0 Å². The van der Waals surface area contributed by atoms with E-state index in [-0.39, 0.29) is 16.1 Å². The summed E-state index contributed by atoms with van der Waals surface area (Å²) in [6.07, 6.45) is 2.07. The molecule has 0 amide bonds. The van der Waals surface area contributed by atoms with Gasteiger partial charge in [0.2, 0.25) is 10.0 Å². The zero-order valence-corrected chi connectivity index (χ0v) is 12.8. The fourth-order valence-corrected chi connectivity index (χ4v) is 3.46. The van der Waals surface area contributed by atoms with Crippen LogP contribution < -0.4 is 4.72 Å². The van der Waals surface area contributed by atoms with Crippen LogP contribution in [0.4, 0.5) is 0 Å². The Morgan fingerprint density at radius 2 is 2.22 bits per heavy atom. The van der Waals surface area contributed by atoms with Crippen LogP contribution in [0, 0.1) is 0 Å². The first kappa shape index (κ1) is 15.8. The Hall–Kier alpha value is -0.300. The van der Waals surface area contributed by atoms with Gasteiger partial charge in [-0.1, -0.05) is 18.5 Å².